The normalized spacial score (nSPS) is 13.3. The SMILES string of the molecule is c1ccc2cc3c4c(ccc3cc2c1)-c1c2ccccc2c2c3c(ccc(c13)S4)Sc1c-2ccc2cc3ccccc3cc12. The van der Waals surface area contributed by atoms with Crippen LogP contribution in [-0.2, 0) is 0 Å². The first-order valence-corrected chi connectivity index (χ1v) is 16.7. The summed E-state index contributed by atoms with van der Waals surface area (Å²) in [5.74, 6) is 0. The molecule has 0 amide bonds. The number of benzene rings is 9. The molecule has 202 valence electrons. The molecule has 2 aliphatic heterocycles. The van der Waals surface area contributed by atoms with Gasteiger partial charge in [-0.3, -0.25) is 0 Å². The van der Waals surface area contributed by atoms with Crippen molar-refractivity contribution in [1.82, 2.24) is 0 Å². The Morgan fingerprint density at radius 1 is 0.318 bits per heavy atom. The predicted octanol–water partition coefficient (Wildman–Crippen LogP) is 12.9. The van der Waals surface area contributed by atoms with Crippen LogP contribution in [0.4, 0.5) is 0 Å². The van der Waals surface area contributed by atoms with Gasteiger partial charge in [-0.05, 0) is 113 Å². The fraction of sp³-hybridized carbons (Fsp3) is 0. The monoisotopic (exact) mass is 590 g/mol. The molecule has 0 spiro atoms. The van der Waals surface area contributed by atoms with Gasteiger partial charge in [-0.25, -0.2) is 0 Å². The minimum atomic E-state index is 1.29. The molecule has 0 radical (unpaired) electrons. The molecule has 9 aromatic carbocycles. The summed E-state index contributed by atoms with van der Waals surface area (Å²) in [6.45, 7) is 0. The van der Waals surface area contributed by atoms with E-state index in [2.05, 4.69) is 133 Å². The maximum absolute atomic E-state index is 2.40. The van der Waals surface area contributed by atoms with E-state index in [9.17, 15) is 0 Å². The highest BCUT2D eigenvalue weighted by Gasteiger charge is 2.31. The van der Waals surface area contributed by atoms with Gasteiger partial charge in [0.1, 0.15) is 0 Å². The smallest absolute Gasteiger partial charge is 0.0280 e. The topological polar surface area (TPSA) is 0 Å². The van der Waals surface area contributed by atoms with Gasteiger partial charge in [-0.15, -0.1) is 0 Å². The van der Waals surface area contributed by atoms with Crippen LogP contribution in [0.25, 0.3) is 86.9 Å². The van der Waals surface area contributed by atoms with Crippen LogP contribution in [0.3, 0.4) is 0 Å². The first kappa shape index (κ1) is 23.7. The van der Waals surface area contributed by atoms with Crippen molar-refractivity contribution in [1.29, 1.82) is 0 Å². The highest BCUT2D eigenvalue weighted by Crippen LogP contribution is 2.60. The first-order chi connectivity index (χ1) is 21.8. The third kappa shape index (κ3) is 3.02. The van der Waals surface area contributed by atoms with Crippen molar-refractivity contribution in [3.05, 3.63) is 133 Å². The van der Waals surface area contributed by atoms with Gasteiger partial charge < -0.3 is 0 Å². The van der Waals surface area contributed by atoms with Crippen LogP contribution in [0.5, 0.6) is 0 Å². The molecule has 0 aliphatic carbocycles. The summed E-state index contributed by atoms with van der Waals surface area (Å²) in [5.41, 5.74) is 5.48. The lowest BCUT2D eigenvalue weighted by molar-refractivity contribution is 1.38. The van der Waals surface area contributed by atoms with Crippen LogP contribution in [0.15, 0.2) is 153 Å². The molecule has 0 bridgehead atoms. The van der Waals surface area contributed by atoms with E-state index in [4.69, 9.17) is 0 Å². The summed E-state index contributed by atoms with van der Waals surface area (Å²) in [6.07, 6.45) is 0. The van der Waals surface area contributed by atoms with E-state index in [0.29, 0.717) is 0 Å². The summed E-state index contributed by atoms with van der Waals surface area (Å²) >= 11 is 3.90. The Morgan fingerprint density at radius 3 is 1.18 bits per heavy atom. The molecule has 2 heterocycles. The van der Waals surface area contributed by atoms with Crippen LogP contribution in [0, 0.1) is 0 Å². The van der Waals surface area contributed by atoms with Crippen molar-refractivity contribution in [3.63, 3.8) is 0 Å². The van der Waals surface area contributed by atoms with Crippen molar-refractivity contribution in [2.24, 2.45) is 0 Å². The molecule has 0 nitrogen and oxygen atoms in total. The summed E-state index contributed by atoms with van der Waals surface area (Å²) in [5, 5.41) is 16.0. The average Bonchev–Trinajstić information content (AvgIpc) is 3.08. The Balaban J connectivity index is 1.27. The third-order valence-corrected chi connectivity index (χ3v) is 12.1. The number of fused-ring (bicyclic) bond motifs is 13. The minimum Gasteiger partial charge on any atom is -0.0881 e. The molecule has 0 saturated carbocycles. The lowest BCUT2D eigenvalue weighted by Crippen LogP contribution is -2.01. The number of hydrogen-bond acceptors (Lipinski definition) is 2. The third-order valence-electron chi connectivity index (χ3n) is 9.73. The van der Waals surface area contributed by atoms with Gasteiger partial charge in [0.05, 0.1) is 0 Å². The van der Waals surface area contributed by atoms with E-state index in [-0.39, 0.29) is 0 Å². The second-order valence-corrected chi connectivity index (χ2v) is 14.1. The molecule has 0 unspecified atom stereocenters. The molecular weight excluding hydrogens is 569 g/mol. The van der Waals surface area contributed by atoms with E-state index in [1.165, 1.54) is 106 Å². The first-order valence-electron chi connectivity index (χ1n) is 15.1. The quantitative estimate of drug-likeness (QED) is 0.161. The highest BCUT2D eigenvalue weighted by atomic mass is 32.2. The summed E-state index contributed by atoms with van der Waals surface area (Å²) in [4.78, 5) is 5.45. The van der Waals surface area contributed by atoms with Gasteiger partial charge in [-0.2, -0.15) is 0 Å². The second-order valence-electron chi connectivity index (χ2n) is 12.0. The Hall–Kier alpha value is -4.76. The van der Waals surface area contributed by atoms with E-state index in [1.54, 1.807) is 0 Å². The van der Waals surface area contributed by atoms with E-state index in [0.717, 1.165) is 0 Å². The lowest BCUT2D eigenvalue weighted by Gasteiger charge is -2.30. The molecular formula is C42H22S2. The Morgan fingerprint density at radius 2 is 0.727 bits per heavy atom. The van der Waals surface area contributed by atoms with Gasteiger partial charge in [0.25, 0.3) is 0 Å². The predicted molar refractivity (Wildman–Crippen MR) is 191 cm³/mol. The van der Waals surface area contributed by atoms with Crippen molar-refractivity contribution in [3.8, 4) is 22.3 Å². The fourth-order valence-electron chi connectivity index (χ4n) is 7.79. The maximum Gasteiger partial charge on any atom is 0.0280 e. The van der Waals surface area contributed by atoms with Crippen LogP contribution in [0.1, 0.15) is 0 Å². The molecule has 2 heteroatoms. The van der Waals surface area contributed by atoms with E-state index >= 15 is 0 Å². The van der Waals surface area contributed by atoms with Gasteiger partial charge in [-0.1, -0.05) is 121 Å². The molecule has 0 saturated heterocycles. The number of hydrogen-bond donors (Lipinski definition) is 0. The maximum atomic E-state index is 2.40. The van der Waals surface area contributed by atoms with E-state index in [1.807, 2.05) is 23.5 Å². The zero-order valence-corrected chi connectivity index (χ0v) is 25.2. The molecule has 0 atom stereocenters. The zero-order chi connectivity index (χ0) is 28.5. The van der Waals surface area contributed by atoms with Crippen LogP contribution < -0.4 is 0 Å². The minimum absolute atomic E-state index is 1.29. The van der Waals surface area contributed by atoms with Crippen LogP contribution in [0.2, 0.25) is 0 Å². The van der Waals surface area contributed by atoms with Crippen molar-refractivity contribution < 1.29 is 0 Å². The Labute approximate surface area is 262 Å². The van der Waals surface area contributed by atoms with Crippen molar-refractivity contribution >= 4 is 88.2 Å². The van der Waals surface area contributed by atoms with Crippen molar-refractivity contribution in [2.45, 2.75) is 19.6 Å². The molecule has 9 aromatic rings. The Bertz CT molecular complexity index is 2580. The van der Waals surface area contributed by atoms with Crippen LogP contribution in [-0.4, -0.2) is 0 Å². The molecule has 2 aliphatic rings. The van der Waals surface area contributed by atoms with Crippen molar-refractivity contribution in [2.75, 3.05) is 0 Å². The van der Waals surface area contributed by atoms with Gasteiger partial charge >= 0.3 is 0 Å². The fourth-order valence-corrected chi connectivity index (χ4v) is 10.2. The largest absolute Gasteiger partial charge is 0.0881 e. The number of rotatable bonds is 0. The zero-order valence-electron chi connectivity index (χ0n) is 23.5. The van der Waals surface area contributed by atoms with E-state index < -0.39 is 0 Å². The highest BCUT2D eigenvalue weighted by molar-refractivity contribution is 8.00. The average molecular weight is 591 g/mol. The van der Waals surface area contributed by atoms with Gasteiger partial charge in [0, 0.05) is 30.4 Å². The molecule has 0 aromatic heterocycles. The van der Waals surface area contributed by atoms with Gasteiger partial charge in [0.2, 0.25) is 0 Å². The summed E-state index contributed by atoms with van der Waals surface area (Å²) in [6, 6.07) is 50.2. The molecule has 11 rings (SSSR count). The molecule has 0 fully saturated rings. The lowest BCUT2D eigenvalue weighted by atomic mass is 9.84. The second kappa shape index (κ2) is 8.45. The summed E-state index contributed by atoms with van der Waals surface area (Å²) < 4.78 is 0. The van der Waals surface area contributed by atoms with Gasteiger partial charge in [0.15, 0.2) is 0 Å². The summed E-state index contributed by atoms with van der Waals surface area (Å²) in [7, 11) is 0. The van der Waals surface area contributed by atoms with Crippen LogP contribution >= 0.6 is 23.5 Å². The Kier molecular flexibility index (Phi) is 4.54. The molecule has 0 N–H and O–H groups in total. The standard InChI is InChI=1S/C42H22S2/c1-3-9-25-21-33-27(19-23(25)7-1)13-15-31-37-29-11-5-6-12-30(29)38-32-16-14-28-20-24-8-2-4-10-26(24)22-34(28)42(32)44-36-18-17-35(43-41(31)33)39(37)40(36)38/h1-22H. The molecule has 44 heavy (non-hydrogen) atoms.